The van der Waals surface area contributed by atoms with Gasteiger partial charge >= 0.3 is 0 Å². The molecule has 0 atom stereocenters. The smallest absolute Gasteiger partial charge is 0.261 e. The highest BCUT2D eigenvalue weighted by molar-refractivity contribution is 7.92. The minimum atomic E-state index is -3.94. The molecule has 2 rings (SSSR count). The Balaban J connectivity index is 2.39. The molecule has 0 aliphatic rings. The number of para-hydroxylation sites is 1. The predicted molar refractivity (Wildman–Crippen MR) is 96.9 cm³/mol. The second-order valence-corrected chi connectivity index (χ2v) is 6.97. The molecule has 8 heteroatoms. The van der Waals surface area contributed by atoms with E-state index in [1.54, 1.807) is 12.1 Å². The van der Waals surface area contributed by atoms with Crippen molar-refractivity contribution in [2.45, 2.75) is 4.90 Å². The number of anilines is 1. The van der Waals surface area contributed by atoms with E-state index in [2.05, 4.69) is 16.3 Å². The van der Waals surface area contributed by atoms with Gasteiger partial charge in [-0.1, -0.05) is 35.9 Å². The Hall–Kier alpha value is -2.51. The first-order valence-electron chi connectivity index (χ1n) is 7.17. The van der Waals surface area contributed by atoms with E-state index in [9.17, 15) is 13.5 Å². The van der Waals surface area contributed by atoms with Gasteiger partial charge in [0, 0.05) is 5.56 Å². The van der Waals surface area contributed by atoms with Crippen molar-refractivity contribution < 1.29 is 18.3 Å². The highest BCUT2D eigenvalue weighted by Crippen LogP contribution is 2.28. The zero-order valence-corrected chi connectivity index (χ0v) is 15.0. The third kappa shape index (κ3) is 4.52. The van der Waals surface area contributed by atoms with Crippen LogP contribution >= 0.6 is 11.6 Å². The lowest BCUT2D eigenvalue weighted by Crippen LogP contribution is -2.22. The fourth-order valence-electron chi connectivity index (χ4n) is 2.01. The van der Waals surface area contributed by atoms with Crippen molar-refractivity contribution in [2.75, 3.05) is 18.4 Å². The Morgan fingerprint density at radius 1 is 1.36 bits per heavy atom. The lowest BCUT2D eigenvalue weighted by atomic mass is 10.2. The van der Waals surface area contributed by atoms with Gasteiger partial charge in [0.1, 0.15) is 5.75 Å². The molecule has 2 aromatic rings. The molecule has 0 bridgehead atoms. The van der Waals surface area contributed by atoms with Crippen molar-refractivity contribution in [3.63, 3.8) is 0 Å². The van der Waals surface area contributed by atoms with Crippen LogP contribution in [0.2, 0.25) is 5.02 Å². The molecule has 0 unspecified atom stereocenters. The van der Waals surface area contributed by atoms with Crippen LogP contribution in [-0.2, 0) is 10.0 Å². The maximum atomic E-state index is 12.6. The van der Waals surface area contributed by atoms with Crippen LogP contribution in [0.1, 0.15) is 5.56 Å². The van der Waals surface area contributed by atoms with E-state index >= 15 is 0 Å². The average molecular weight is 380 g/mol. The summed E-state index contributed by atoms with van der Waals surface area (Å²) < 4.78 is 32.5. The number of ether oxygens (including phenoxy) is 1. The topological polar surface area (TPSA) is 90.8 Å². The van der Waals surface area contributed by atoms with E-state index in [1.165, 1.54) is 43.5 Å². The predicted octanol–water partition coefficient (Wildman–Crippen LogP) is 2.44. The molecular weight excluding hydrogens is 364 g/mol. The maximum Gasteiger partial charge on any atom is 0.261 e. The van der Waals surface area contributed by atoms with Crippen molar-refractivity contribution in [1.29, 1.82) is 0 Å². The number of nitrogens with one attached hydrogen (secondary N) is 1. The van der Waals surface area contributed by atoms with E-state index in [0.717, 1.165) is 0 Å². The van der Waals surface area contributed by atoms with Gasteiger partial charge in [-0.25, -0.2) is 8.42 Å². The molecule has 25 heavy (non-hydrogen) atoms. The molecular formula is C17H16ClN2O4S-. The minimum absolute atomic E-state index is 0.0522. The zero-order chi connectivity index (χ0) is 18.4. The molecule has 6 nitrogen and oxygen atoms in total. The number of sulfonamides is 1. The van der Waals surface area contributed by atoms with Crippen molar-refractivity contribution in [1.82, 2.24) is 0 Å². The number of hydrogen-bond acceptors (Lipinski definition) is 5. The van der Waals surface area contributed by atoms with E-state index < -0.39 is 15.9 Å². The lowest BCUT2D eigenvalue weighted by molar-refractivity contribution is -0.213. The van der Waals surface area contributed by atoms with Gasteiger partial charge in [-0.05, 0) is 30.2 Å². The second-order valence-electron chi connectivity index (χ2n) is 4.88. The van der Waals surface area contributed by atoms with Crippen molar-refractivity contribution in [3.8, 4) is 5.75 Å². The summed E-state index contributed by atoms with van der Waals surface area (Å²) >= 11 is 5.98. The third-order valence-corrected chi connectivity index (χ3v) is 4.86. The summed E-state index contributed by atoms with van der Waals surface area (Å²) in [5.74, 6) is -0.176. The standard InChI is InChI=1S/C17H17ClN2O4S/c1-3-10-19-17(21)13-6-4-5-7-15(13)20-25(22,23)12-8-9-16(24-2)14(18)11-12/h3-9,11,20H,1,10H2,2H3,(H,19,21)/p-1. The molecule has 0 saturated carbocycles. The van der Waals surface area contributed by atoms with Crippen LogP contribution < -0.4 is 14.6 Å². The van der Waals surface area contributed by atoms with Gasteiger partial charge in [0.15, 0.2) is 0 Å². The Morgan fingerprint density at radius 3 is 2.72 bits per heavy atom. The fourth-order valence-corrected chi connectivity index (χ4v) is 3.44. The van der Waals surface area contributed by atoms with Crippen LogP contribution in [0.25, 0.3) is 0 Å². The molecule has 0 spiro atoms. The number of benzene rings is 2. The fraction of sp³-hybridized carbons (Fsp3) is 0.118. The van der Waals surface area contributed by atoms with Gasteiger partial charge in [-0.2, -0.15) is 0 Å². The molecule has 132 valence electrons. The molecule has 0 heterocycles. The molecule has 0 amide bonds. The van der Waals surface area contributed by atoms with Crippen LogP contribution in [0.3, 0.4) is 0 Å². The normalized spacial score (nSPS) is 11.8. The number of nitrogens with zero attached hydrogens (tertiary/aromatic N) is 1. The van der Waals surface area contributed by atoms with Gasteiger partial charge in [0.2, 0.25) is 0 Å². The van der Waals surface area contributed by atoms with Crippen molar-refractivity contribution in [2.24, 2.45) is 4.99 Å². The summed E-state index contributed by atoms with van der Waals surface area (Å²) in [7, 11) is -2.51. The molecule has 0 aromatic heterocycles. The van der Waals surface area contributed by atoms with Crippen molar-refractivity contribution >= 4 is 33.2 Å². The van der Waals surface area contributed by atoms with Crippen LogP contribution in [0.15, 0.2) is 65.0 Å². The molecule has 0 saturated heterocycles. The Morgan fingerprint density at radius 2 is 2.08 bits per heavy atom. The number of halogens is 1. The minimum Gasteiger partial charge on any atom is -0.858 e. The summed E-state index contributed by atoms with van der Waals surface area (Å²) in [6, 6.07) is 10.3. The molecule has 0 aliphatic heterocycles. The highest BCUT2D eigenvalue weighted by atomic mass is 35.5. The van der Waals surface area contributed by atoms with Gasteiger partial charge in [-0.15, -0.1) is 6.58 Å². The van der Waals surface area contributed by atoms with Crippen molar-refractivity contribution in [3.05, 3.63) is 65.7 Å². The van der Waals surface area contributed by atoms with Gasteiger partial charge in [0.25, 0.3) is 10.0 Å². The zero-order valence-electron chi connectivity index (χ0n) is 13.4. The third-order valence-electron chi connectivity index (χ3n) is 3.20. The average Bonchev–Trinajstić information content (AvgIpc) is 2.59. The number of aliphatic imine (C=N–C) groups is 1. The summed E-state index contributed by atoms with van der Waals surface area (Å²) in [4.78, 5) is 3.73. The summed E-state index contributed by atoms with van der Waals surface area (Å²) in [6.07, 6.45) is 1.48. The van der Waals surface area contributed by atoms with E-state index in [0.29, 0.717) is 5.75 Å². The molecule has 0 radical (unpaired) electrons. The maximum absolute atomic E-state index is 12.6. The quantitative estimate of drug-likeness (QED) is 0.454. The molecule has 0 aliphatic carbocycles. The first kappa shape index (κ1) is 18.8. The van der Waals surface area contributed by atoms with Gasteiger partial charge in [-0.3, -0.25) is 9.71 Å². The van der Waals surface area contributed by atoms with Crippen LogP contribution in [0.5, 0.6) is 5.75 Å². The molecule has 2 aromatic carbocycles. The van der Waals surface area contributed by atoms with Crippen LogP contribution in [-0.4, -0.2) is 28.0 Å². The number of rotatable bonds is 7. The van der Waals surface area contributed by atoms with E-state index in [4.69, 9.17) is 16.3 Å². The van der Waals surface area contributed by atoms with Gasteiger partial charge < -0.3 is 9.84 Å². The first-order valence-corrected chi connectivity index (χ1v) is 9.03. The number of methoxy groups -OCH3 is 1. The van der Waals surface area contributed by atoms with E-state index in [1.807, 2.05) is 0 Å². The van der Waals surface area contributed by atoms with Crippen LogP contribution in [0, 0.1) is 0 Å². The Labute approximate surface area is 151 Å². The van der Waals surface area contributed by atoms with Crippen LogP contribution in [0.4, 0.5) is 5.69 Å². The van der Waals surface area contributed by atoms with E-state index in [-0.39, 0.29) is 27.7 Å². The first-order chi connectivity index (χ1) is 11.9. The highest BCUT2D eigenvalue weighted by Gasteiger charge is 2.17. The summed E-state index contributed by atoms with van der Waals surface area (Å²) in [6.45, 7) is 3.64. The summed E-state index contributed by atoms with van der Waals surface area (Å²) in [5, 5.41) is 12.3. The Bertz CT molecular complexity index is 911. The molecule has 0 fully saturated rings. The van der Waals surface area contributed by atoms with Gasteiger partial charge in [0.05, 0.1) is 29.3 Å². The number of hydrogen-bond donors (Lipinski definition) is 1. The largest absolute Gasteiger partial charge is 0.858 e. The monoisotopic (exact) mass is 379 g/mol. The molecule has 1 N–H and O–H groups in total. The summed E-state index contributed by atoms with van der Waals surface area (Å²) in [5.41, 5.74) is 0.278. The SMILES string of the molecule is C=CCN=C([O-])c1ccccc1NS(=O)(=O)c1ccc(OC)c(Cl)c1. The lowest BCUT2D eigenvalue weighted by Gasteiger charge is -2.17. The Kier molecular flexibility index (Phi) is 6.06. The second kappa shape index (κ2) is 8.04.